The minimum atomic E-state index is 0.124. The van der Waals surface area contributed by atoms with Crippen molar-refractivity contribution in [2.24, 2.45) is 0 Å². The Kier molecular flexibility index (Phi) is 4.06. The van der Waals surface area contributed by atoms with E-state index in [0.29, 0.717) is 19.0 Å². The van der Waals surface area contributed by atoms with Gasteiger partial charge in [-0.3, -0.25) is 4.79 Å². The minimum Gasteiger partial charge on any atom is -0.325 e. The van der Waals surface area contributed by atoms with E-state index in [-0.39, 0.29) is 11.8 Å². The second-order valence-corrected chi connectivity index (χ2v) is 7.60. The van der Waals surface area contributed by atoms with Crippen LogP contribution in [-0.4, -0.2) is 22.0 Å². The van der Waals surface area contributed by atoms with Crippen LogP contribution >= 0.6 is 0 Å². The molecule has 3 aromatic rings. The number of carbonyl (C=O) groups is 1. The predicted octanol–water partition coefficient (Wildman–Crippen LogP) is 4.75. The van der Waals surface area contributed by atoms with Gasteiger partial charge in [-0.25, -0.2) is 4.98 Å². The van der Waals surface area contributed by atoms with Gasteiger partial charge in [0.05, 0.1) is 11.0 Å². The Morgan fingerprint density at radius 1 is 1.08 bits per heavy atom. The van der Waals surface area contributed by atoms with Crippen LogP contribution in [0.2, 0.25) is 0 Å². The van der Waals surface area contributed by atoms with Crippen LogP contribution in [0.15, 0.2) is 42.5 Å². The summed E-state index contributed by atoms with van der Waals surface area (Å²) in [6.07, 6.45) is 0.517. The summed E-state index contributed by atoms with van der Waals surface area (Å²) >= 11 is 0. The number of anilines is 1. The topological polar surface area (TPSA) is 38.1 Å². The molecular formula is C22H25N3O. The molecule has 1 aromatic heterocycles. The largest absolute Gasteiger partial charge is 0.325 e. The van der Waals surface area contributed by atoms with Crippen molar-refractivity contribution in [2.45, 2.75) is 46.1 Å². The first-order chi connectivity index (χ1) is 12.5. The highest BCUT2D eigenvalue weighted by molar-refractivity contribution is 5.96. The molecule has 26 heavy (non-hydrogen) atoms. The molecule has 2 heterocycles. The van der Waals surface area contributed by atoms with Crippen LogP contribution in [0.5, 0.6) is 0 Å². The average Bonchev–Trinajstić information content (AvgIpc) is 3.18. The van der Waals surface area contributed by atoms with Crippen molar-refractivity contribution >= 4 is 22.6 Å². The highest BCUT2D eigenvalue weighted by Gasteiger charge is 2.35. The van der Waals surface area contributed by atoms with Gasteiger partial charge >= 0.3 is 0 Å². The molecule has 1 fully saturated rings. The molecule has 1 unspecified atom stereocenters. The van der Waals surface area contributed by atoms with E-state index in [1.54, 1.807) is 0 Å². The molecule has 0 saturated carbocycles. The van der Waals surface area contributed by atoms with Crippen molar-refractivity contribution < 1.29 is 4.79 Å². The van der Waals surface area contributed by atoms with E-state index in [9.17, 15) is 4.79 Å². The van der Waals surface area contributed by atoms with Crippen LogP contribution in [0.3, 0.4) is 0 Å². The van der Waals surface area contributed by atoms with Crippen molar-refractivity contribution in [3.8, 4) is 0 Å². The molecule has 1 amide bonds. The molecule has 2 aromatic carbocycles. The number of benzene rings is 2. The molecule has 1 atom stereocenters. The lowest BCUT2D eigenvalue weighted by Gasteiger charge is -2.19. The van der Waals surface area contributed by atoms with Crippen LogP contribution < -0.4 is 4.90 Å². The van der Waals surface area contributed by atoms with Crippen molar-refractivity contribution in [1.29, 1.82) is 0 Å². The lowest BCUT2D eigenvalue weighted by molar-refractivity contribution is -0.117. The summed E-state index contributed by atoms with van der Waals surface area (Å²) in [7, 11) is 0. The first-order valence-corrected chi connectivity index (χ1v) is 9.30. The smallest absolute Gasteiger partial charge is 0.227 e. The molecule has 1 saturated heterocycles. The third-order valence-electron chi connectivity index (χ3n) is 5.43. The first kappa shape index (κ1) is 16.8. The van der Waals surface area contributed by atoms with Crippen molar-refractivity contribution in [3.63, 3.8) is 0 Å². The van der Waals surface area contributed by atoms with Crippen LogP contribution in [0.1, 0.15) is 49.2 Å². The fourth-order valence-corrected chi connectivity index (χ4v) is 3.92. The number of rotatable bonds is 3. The first-order valence-electron chi connectivity index (χ1n) is 9.30. The fraction of sp³-hybridized carbons (Fsp3) is 0.364. The monoisotopic (exact) mass is 347 g/mol. The summed E-state index contributed by atoms with van der Waals surface area (Å²) in [5.74, 6) is 1.33. The Bertz CT molecular complexity index is 986. The standard InChI is InChI=1S/C22H25N3O/c1-14(2)25-20-8-6-5-7-19(20)23-22(25)17-12-21(26)24(13-17)18-10-9-15(3)16(4)11-18/h5-11,14,17H,12-13H2,1-4H3. The number of nitrogens with zero attached hydrogens (tertiary/aromatic N) is 3. The van der Waals surface area contributed by atoms with E-state index < -0.39 is 0 Å². The number of aromatic nitrogens is 2. The molecule has 4 heteroatoms. The summed E-state index contributed by atoms with van der Waals surface area (Å²) in [5.41, 5.74) is 5.61. The molecule has 0 spiro atoms. The normalized spacial score (nSPS) is 17.7. The number of fused-ring (bicyclic) bond motifs is 1. The van der Waals surface area contributed by atoms with Crippen molar-refractivity contribution in [1.82, 2.24) is 9.55 Å². The molecular weight excluding hydrogens is 322 g/mol. The quantitative estimate of drug-likeness (QED) is 0.685. The third-order valence-corrected chi connectivity index (χ3v) is 5.43. The molecule has 4 rings (SSSR count). The van der Waals surface area contributed by atoms with Crippen LogP contribution in [0.4, 0.5) is 5.69 Å². The van der Waals surface area contributed by atoms with E-state index >= 15 is 0 Å². The molecule has 0 bridgehead atoms. The molecule has 0 aliphatic carbocycles. The van der Waals surface area contributed by atoms with Crippen LogP contribution in [0, 0.1) is 13.8 Å². The zero-order valence-corrected chi connectivity index (χ0v) is 15.9. The van der Waals surface area contributed by atoms with Gasteiger partial charge in [-0.15, -0.1) is 0 Å². The van der Waals surface area contributed by atoms with Gasteiger partial charge in [-0.1, -0.05) is 18.2 Å². The number of imidazole rings is 1. The number of aryl methyl sites for hydroxylation is 2. The van der Waals surface area contributed by atoms with Crippen LogP contribution in [0.25, 0.3) is 11.0 Å². The van der Waals surface area contributed by atoms with Gasteiger partial charge in [0.15, 0.2) is 0 Å². The molecule has 0 N–H and O–H groups in total. The number of amides is 1. The van der Waals surface area contributed by atoms with Gasteiger partial charge in [0.25, 0.3) is 0 Å². The van der Waals surface area contributed by atoms with Gasteiger partial charge in [-0.2, -0.15) is 0 Å². The minimum absolute atomic E-state index is 0.124. The van der Waals surface area contributed by atoms with E-state index in [0.717, 1.165) is 22.5 Å². The van der Waals surface area contributed by atoms with E-state index in [2.05, 4.69) is 56.5 Å². The molecule has 1 aliphatic heterocycles. The molecule has 134 valence electrons. The number of hydrogen-bond donors (Lipinski definition) is 0. The second kappa shape index (κ2) is 6.27. The van der Waals surface area contributed by atoms with Crippen molar-refractivity contribution in [3.05, 3.63) is 59.4 Å². The van der Waals surface area contributed by atoms with Gasteiger partial charge < -0.3 is 9.47 Å². The highest BCUT2D eigenvalue weighted by atomic mass is 16.2. The van der Waals surface area contributed by atoms with E-state index in [1.165, 1.54) is 11.1 Å². The SMILES string of the molecule is Cc1ccc(N2CC(c3nc4ccccc4n3C(C)C)CC2=O)cc1C. The molecule has 4 nitrogen and oxygen atoms in total. The second-order valence-electron chi connectivity index (χ2n) is 7.60. The summed E-state index contributed by atoms with van der Waals surface area (Å²) in [6, 6.07) is 14.8. The Labute approximate surface area is 154 Å². The Balaban J connectivity index is 1.72. The molecule has 0 radical (unpaired) electrons. The maximum Gasteiger partial charge on any atom is 0.227 e. The number of carbonyl (C=O) groups excluding carboxylic acids is 1. The van der Waals surface area contributed by atoms with Gasteiger partial charge in [0, 0.05) is 30.6 Å². The number of hydrogen-bond acceptors (Lipinski definition) is 2. The van der Waals surface area contributed by atoms with Gasteiger partial charge in [0.2, 0.25) is 5.91 Å². The van der Waals surface area contributed by atoms with E-state index in [4.69, 9.17) is 4.98 Å². The van der Waals surface area contributed by atoms with Gasteiger partial charge in [0.1, 0.15) is 5.82 Å². The lowest BCUT2D eigenvalue weighted by Crippen LogP contribution is -2.24. The lowest BCUT2D eigenvalue weighted by atomic mass is 10.1. The van der Waals surface area contributed by atoms with Crippen LogP contribution in [-0.2, 0) is 4.79 Å². The molecule has 1 aliphatic rings. The summed E-state index contributed by atoms with van der Waals surface area (Å²) in [5, 5.41) is 0. The zero-order chi connectivity index (χ0) is 18.4. The summed E-state index contributed by atoms with van der Waals surface area (Å²) in [6.45, 7) is 9.23. The Hall–Kier alpha value is -2.62. The zero-order valence-electron chi connectivity index (χ0n) is 15.9. The average molecular weight is 347 g/mol. The fourth-order valence-electron chi connectivity index (χ4n) is 3.92. The van der Waals surface area contributed by atoms with Gasteiger partial charge in [-0.05, 0) is 63.1 Å². The summed E-state index contributed by atoms with van der Waals surface area (Å²) < 4.78 is 2.29. The maximum atomic E-state index is 12.7. The Morgan fingerprint density at radius 3 is 2.58 bits per heavy atom. The number of para-hydroxylation sites is 2. The van der Waals surface area contributed by atoms with Crippen molar-refractivity contribution in [2.75, 3.05) is 11.4 Å². The maximum absolute atomic E-state index is 12.7. The predicted molar refractivity (Wildman–Crippen MR) is 106 cm³/mol. The van der Waals surface area contributed by atoms with E-state index in [1.807, 2.05) is 23.1 Å². The summed E-state index contributed by atoms with van der Waals surface area (Å²) in [4.78, 5) is 19.6. The highest BCUT2D eigenvalue weighted by Crippen LogP contribution is 2.35. The Morgan fingerprint density at radius 2 is 1.85 bits per heavy atom. The third kappa shape index (κ3) is 2.70.